The van der Waals surface area contributed by atoms with E-state index in [2.05, 4.69) is 168 Å². The fraction of sp³-hybridized carbons (Fsp3) is 0.0417. The molecule has 0 N–H and O–H groups in total. The largest absolute Gasteiger partial charge is 0.309 e. The lowest BCUT2D eigenvalue weighted by Crippen LogP contribution is -2.52. The third-order valence-electron chi connectivity index (χ3n) is 12.5. The smallest absolute Gasteiger partial charge is 0.0649 e. The fourth-order valence-electron chi connectivity index (χ4n) is 11.1. The standard InChI is InChI=1S/C48H27NS/c1-3-12-28(13-4-1)30-26-27-37-42-31(30)16-7-17-32(42)47-33-18-8-22-38-43(33)44-34(19-9-23-39(44)49(38)29-14-5-2-6-15-29)48(37,47)36-21-11-25-41-46(36)45-35(47)20-10-24-40(45)50-41/h1-27H. The van der Waals surface area contributed by atoms with Gasteiger partial charge < -0.3 is 4.57 Å². The van der Waals surface area contributed by atoms with Gasteiger partial charge in [0.1, 0.15) is 0 Å². The number of para-hydroxylation sites is 1. The molecule has 0 saturated heterocycles. The summed E-state index contributed by atoms with van der Waals surface area (Å²) in [5, 5.41) is 8.37. The SMILES string of the molecule is c1ccc(-c2ccc3c4c(cccc24)C24c5cccc6sc7cccc(c7c56)C32c2cccc3c2c2c4cccc2n3-c2ccccc2)cc1. The van der Waals surface area contributed by atoms with Crippen LogP contribution in [0.4, 0.5) is 0 Å². The highest BCUT2D eigenvalue weighted by Crippen LogP contribution is 2.74. The molecule has 230 valence electrons. The van der Waals surface area contributed by atoms with Crippen molar-refractivity contribution in [3.63, 3.8) is 0 Å². The molecule has 0 fully saturated rings. The monoisotopic (exact) mass is 649 g/mol. The zero-order valence-corrected chi connectivity index (χ0v) is 27.8. The molecule has 0 spiro atoms. The normalized spacial score (nSPS) is 19.4. The van der Waals surface area contributed by atoms with E-state index in [1.54, 1.807) is 0 Å². The Balaban J connectivity index is 1.35. The van der Waals surface area contributed by atoms with E-state index >= 15 is 0 Å². The molecule has 3 aliphatic carbocycles. The molecule has 2 atom stereocenters. The number of hydrogen-bond donors (Lipinski definition) is 0. The Morgan fingerprint density at radius 3 is 1.44 bits per heavy atom. The first kappa shape index (κ1) is 26.0. The minimum absolute atomic E-state index is 0.477. The summed E-state index contributed by atoms with van der Waals surface area (Å²) in [5.74, 6) is 0. The molecule has 10 aromatic rings. The van der Waals surface area contributed by atoms with Crippen LogP contribution in [0, 0.1) is 0 Å². The molecule has 2 heteroatoms. The highest BCUT2D eigenvalue weighted by Gasteiger charge is 2.67. The van der Waals surface area contributed by atoms with Gasteiger partial charge in [-0.05, 0) is 91.7 Å². The van der Waals surface area contributed by atoms with Crippen molar-refractivity contribution in [3.8, 4) is 16.8 Å². The van der Waals surface area contributed by atoms with E-state index < -0.39 is 10.8 Å². The van der Waals surface area contributed by atoms with E-state index in [0.717, 1.165) is 0 Å². The lowest BCUT2D eigenvalue weighted by Gasteiger charge is -2.54. The summed E-state index contributed by atoms with van der Waals surface area (Å²) >= 11 is 1.95. The van der Waals surface area contributed by atoms with Crippen LogP contribution in [0.25, 0.3) is 69.6 Å². The molecule has 3 aliphatic rings. The van der Waals surface area contributed by atoms with Gasteiger partial charge in [0, 0.05) is 36.6 Å². The van der Waals surface area contributed by atoms with E-state index in [1.165, 1.54) is 103 Å². The molecule has 0 radical (unpaired) electrons. The Morgan fingerprint density at radius 2 is 0.840 bits per heavy atom. The molecule has 50 heavy (non-hydrogen) atoms. The predicted molar refractivity (Wildman–Crippen MR) is 209 cm³/mol. The first-order valence-electron chi connectivity index (χ1n) is 17.5. The van der Waals surface area contributed by atoms with Crippen molar-refractivity contribution in [1.29, 1.82) is 0 Å². The Kier molecular flexibility index (Phi) is 4.47. The predicted octanol–water partition coefficient (Wildman–Crippen LogP) is 12.3. The number of thiophene rings is 1. The van der Waals surface area contributed by atoms with E-state index in [4.69, 9.17) is 0 Å². The summed E-state index contributed by atoms with van der Waals surface area (Å²) in [6.07, 6.45) is 0. The quantitative estimate of drug-likeness (QED) is 0.176. The van der Waals surface area contributed by atoms with Gasteiger partial charge in [-0.1, -0.05) is 127 Å². The van der Waals surface area contributed by atoms with Crippen molar-refractivity contribution < 1.29 is 0 Å². The van der Waals surface area contributed by atoms with Crippen LogP contribution in [0.5, 0.6) is 0 Å². The summed E-state index contributed by atoms with van der Waals surface area (Å²) in [5.41, 5.74) is 13.9. The van der Waals surface area contributed by atoms with Gasteiger partial charge in [0.15, 0.2) is 0 Å². The van der Waals surface area contributed by atoms with Crippen molar-refractivity contribution in [1.82, 2.24) is 4.57 Å². The fourth-order valence-corrected chi connectivity index (χ4v) is 12.2. The van der Waals surface area contributed by atoms with E-state index in [0.29, 0.717) is 0 Å². The lowest BCUT2D eigenvalue weighted by molar-refractivity contribution is 0.447. The van der Waals surface area contributed by atoms with Crippen LogP contribution in [-0.4, -0.2) is 4.57 Å². The van der Waals surface area contributed by atoms with Crippen LogP contribution < -0.4 is 0 Å². The van der Waals surface area contributed by atoms with Gasteiger partial charge in [-0.2, -0.15) is 0 Å². The highest BCUT2D eigenvalue weighted by molar-refractivity contribution is 7.25. The second-order valence-electron chi connectivity index (χ2n) is 14.3. The van der Waals surface area contributed by atoms with Crippen molar-refractivity contribution in [2.75, 3.05) is 0 Å². The van der Waals surface area contributed by atoms with E-state index in [9.17, 15) is 0 Å². The molecule has 0 saturated carbocycles. The number of hydrogen-bond acceptors (Lipinski definition) is 1. The molecule has 8 aromatic carbocycles. The van der Waals surface area contributed by atoms with Crippen LogP contribution >= 0.6 is 11.3 Å². The second kappa shape index (κ2) is 8.60. The number of rotatable bonds is 2. The lowest BCUT2D eigenvalue weighted by atomic mass is 9.45. The minimum Gasteiger partial charge on any atom is -0.309 e. The van der Waals surface area contributed by atoms with Crippen LogP contribution in [0.15, 0.2) is 164 Å². The van der Waals surface area contributed by atoms with Crippen LogP contribution in [0.2, 0.25) is 0 Å². The zero-order valence-electron chi connectivity index (χ0n) is 26.9. The minimum atomic E-state index is -0.477. The molecule has 0 amide bonds. The molecule has 0 aliphatic heterocycles. The summed E-state index contributed by atoms with van der Waals surface area (Å²) in [4.78, 5) is 0. The maximum Gasteiger partial charge on any atom is 0.0649 e. The summed E-state index contributed by atoms with van der Waals surface area (Å²) in [6.45, 7) is 0. The van der Waals surface area contributed by atoms with Gasteiger partial charge in [0.2, 0.25) is 0 Å². The summed E-state index contributed by atoms with van der Waals surface area (Å²) in [6, 6.07) is 62.5. The van der Waals surface area contributed by atoms with Crippen molar-refractivity contribution >= 4 is 64.1 Å². The molecule has 2 aromatic heterocycles. The Bertz CT molecular complexity index is 3010. The zero-order chi connectivity index (χ0) is 32.3. The maximum absolute atomic E-state index is 2.51. The molecular weight excluding hydrogens is 623 g/mol. The van der Waals surface area contributed by atoms with Gasteiger partial charge in [-0.3, -0.25) is 0 Å². The van der Waals surface area contributed by atoms with Gasteiger partial charge in [-0.15, -0.1) is 11.3 Å². The van der Waals surface area contributed by atoms with Gasteiger partial charge in [0.25, 0.3) is 0 Å². The van der Waals surface area contributed by atoms with Crippen LogP contribution in [-0.2, 0) is 10.8 Å². The number of aromatic nitrogens is 1. The Labute approximate surface area is 292 Å². The average Bonchev–Trinajstić information content (AvgIpc) is 3.82. The van der Waals surface area contributed by atoms with E-state index in [-0.39, 0.29) is 0 Å². The highest BCUT2D eigenvalue weighted by atomic mass is 32.1. The molecule has 13 rings (SSSR count). The van der Waals surface area contributed by atoms with Gasteiger partial charge in [0.05, 0.1) is 21.9 Å². The first-order valence-corrected chi connectivity index (χ1v) is 18.3. The Hall–Kier alpha value is -5.96. The maximum atomic E-state index is 2.51. The summed E-state index contributed by atoms with van der Waals surface area (Å²) in [7, 11) is 0. The molecular formula is C48H27NS. The third-order valence-corrected chi connectivity index (χ3v) is 13.6. The number of nitrogens with zero attached hydrogens (tertiary/aromatic N) is 1. The third kappa shape index (κ3) is 2.57. The molecule has 2 heterocycles. The second-order valence-corrected chi connectivity index (χ2v) is 15.4. The van der Waals surface area contributed by atoms with Crippen LogP contribution in [0.1, 0.15) is 33.4 Å². The van der Waals surface area contributed by atoms with E-state index in [1.807, 2.05) is 11.3 Å². The molecule has 1 nitrogen and oxygen atoms in total. The molecule has 0 bridgehead atoms. The average molecular weight is 650 g/mol. The van der Waals surface area contributed by atoms with Crippen molar-refractivity contribution in [3.05, 3.63) is 197 Å². The van der Waals surface area contributed by atoms with Crippen molar-refractivity contribution in [2.45, 2.75) is 10.8 Å². The van der Waals surface area contributed by atoms with Gasteiger partial charge in [-0.25, -0.2) is 0 Å². The Morgan fingerprint density at radius 1 is 0.360 bits per heavy atom. The molecule has 2 unspecified atom stereocenters. The first-order chi connectivity index (χ1) is 24.8. The topological polar surface area (TPSA) is 4.93 Å². The number of benzene rings is 8. The van der Waals surface area contributed by atoms with Crippen molar-refractivity contribution in [2.24, 2.45) is 0 Å². The van der Waals surface area contributed by atoms with Crippen LogP contribution in [0.3, 0.4) is 0 Å². The summed E-state index contributed by atoms with van der Waals surface area (Å²) < 4.78 is 5.26. The van der Waals surface area contributed by atoms with Gasteiger partial charge >= 0.3 is 0 Å².